The van der Waals surface area contributed by atoms with Gasteiger partial charge in [0.05, 0.1) is 40.8 Å². The Morgan fingerprint density at radius 2 is 2.13 bits per heavy atom. The van der Waals surface area contributed by atoms with Crippen LogP contribution in [0.2, 0.25) is 10.0 Å². The van der Waals surface area contributed by atoms with E-state index in [1.807, 2.05) is 12.1 Å². The maximum absolute atomic E-state index is 12.6. The fourth-order valence-corrected chi connectivity index (χ4v) is 4.10. The minimum atomic E-state index is -1.12. The summed E-state index contributed by atoms with van der Waals surface area (Å²) in [6.07, 6.45) is 4.83. The van der Waals surface area contributed by atoms with Gasteiger partial charge in [-0.1, -0.05) is 23.2 Å². The normalized spacial score (nSPS) is 18.5. The molecule has 3 aromatic rings. The van der Waals surface area contributed by atoms with Crippen LogP contribution >= 0.6 is 23.2 Å². The molecule has 2 aromatic heterocycles. The zero-order chi connectivity index (χ0) is 22.1. The van der Waals surface area contributed by atoms with Gasteiger partial charge in [-0.3, -0.25) is 0 Å². The summed E-state index contributed by atoms with van der Waals surface area (Å²) in [4.78, 5) is 34.0. The number of anilines is 1. The number of carbonyl (C=O) groups is 2. The zero-order valence-corrected chi connectivity index (χ0v) is 17.9. The Bertz CT molecular complexity index is 1140. The predicted molar refractivity (Wildman–Crippen MR) is 114 cm³/mol. The third-order valence-electron chi connectivity index (χ3n) is 5.12. The Morgan fingerprint density at radius 1 is 1.32 bits per heavy atom. The van der Waals surface area contributed by atoms with Gasteiger partial charge in [-0.2, -0.15) is 0 Å². The number of hydrogen-bond donors (Lipinski definition) is 1. The highest BCUT2D eigenvalue weighted by Gasteiger charge is 2.42. The van der Waals surface area contributed by atoms with E-state index >= 15 is 0 Å². The van der Waals surface area contributed by atoms with Crippen LogP contribution in [0.15, 0.2) is 36.9 Å². The molecule has 9 nitrogen and oxygen atoms in total. The van der Waals surface area contributed by atoms with Crippen molar-refractivity contribution in [3.8, 4) is 5.69 Å². The summed E-state index contributed by atoms with van der Waals surface area (Å²) >= 11 is 12.7. The molecule has 2 atom stereocenters. The monoisotopic (exact) mass is 464 g/mol. The number of carboxylic acid groups (broad SMARTS) is 1. The quantitative estimate of drug-likeness (QED) is 0.554. The highest BCUT2D eigenvalue weighted by Crippen LogP contribution is 2.36. The number of ether oxygens (including phenoxy) is 2. The van der Waals surface area contributed by atoms with E-state index in [1.54, 1.807) is 34.3 Å². The molecule has 1 aromatic carbocycles. The lowest BCUT2D eigenvalue weighted by Gasteiger charge is -2.27. The van der Waals surface area contributed by atoms with E-state index in [1.165, 1.54) is 7.11 Å². The van der Waals surface area contributed by atoms with Crippen LogP contribution in [0.3, 0.4) is 0 Å². The average molecular weight is 465 g/mol. The smallest absolute Gasteiger partial charge is 0.331 e. The number of rotatable bonds is 6. The van der Waals surface area contributed by atoms with Crippen LogP contribution in [0.5, 0.6) is 0 Å². The molecule has 1 aliphatic rings. The van der Waals surface area contributed by atoms with Gasteiger partial charge in [-0.05, 0) is 18.6 Å². The molecule has 4 rings (SSSR count). The van der Waals surface area contributed by atoms with Crippen LogP contribution in [0.25, 0.3) is 16.6 Å². The Morgan fingerprint density at radius 3 is 2.81 bits per heavy atom. The van der Waals surface area contributed by atoms with Crippen LogP contribution in [0, 0.1) is 0 Å². The van der Waals surface area contributed by atoms with Gasteiger partial charge in [0.15, 0.2) is 6.04 Å². The molecule has 3 heterocycles. The van der Waals surface area contributed by atoms with Gasteiger partial charge in [0.25, 0.3) is 0 Å². The molecule has 0 spiro atoms. The molecule has 0 bridgehead atoms. The molecule has 1 N–H and O–H groups in total. The molecule has 1 saturated heterocycles. The Kier molecular flexibility index (Phi) is 5.99. The first kappa shape index (κ1) is 21.4. The van der Waals surface area contributed by atoms with Crippen molar-refractivity contribution in [3.05, 3.63) is 47.0 Å². The third-order valence-corrected chi connectivity index (χ3v) is 5.91. The van der Waals surface area contributed by atoms with E-state index in [0.29, 0.717) is 29.3 Å². The number of hydrogen-bond acceptors (Lipinski definition) is 7. The minimum Gasteiger partial charge on any atom is -0.480 e. The lowest BCUT2D eigenvalue weighted by atomic mass is 10.1. The van der Waals surface area contributed by atoms with E-state index in [2.05, 4.69) is 9.97 Å². The zero-order valence-electron chi connectivity index (χ0n) is 16.4. The molecule has 1 fully saturated rings. The van der Waals surface area contributed by atoms with Crippen molar-refractivity contribution in [2.24, 2.45) is 0 Å². The number of esters is 1. The second kappa shape index (κ2) is 8.70. The largest absolute Gasteiger partial charge is 0.480 e. The van der Waals surface area contributed by atoms with E-state index in [4.69, 9.17) is 37.8 Å². The van der Waals surface area contributed by atoms with Crippen molar-refractivity contribution in [3.63, 3.8) is 0 Å². The van der Waals surface area contributed by atoms with Crippen molar-refractivity contribution in [2.45, 2.75) is 18.6 Å². The first-order chi connectivity index (χ1) is 14.9. The molecular formula is C20H18Cl2N4O5. The Balaban J connectivity index is 1.83. The van der Waals surface area contributed by atoms with E-state index in [0.717, 1.165) is 11.1 Å². The van der Waals surface area contributed by atoms with E-state index in [-0.39, 0.29) is 5.02 Å². The second-order valence-electron chi connectivity index (χ2n) is 6.92. The molecular weight excluding hydrogens is 447 g/mol. The first-order valence-corrected chi connectivity index (χ1v) is 10.1. The number of methoxy groups -OCH3 is 1. The predicted octanol–water partition coefficient (Wildman–Crippen LogP) is 2.95. The standard InChI is InChI=1S/C20H18Cl2N4O5/c1-30-20(29)19-14(31-9-16(27)28)4-6-26(19)15-8-13(25-7-5-23-10-25)11-2-3-12(21)17(22)18(11)24-15/h2-3,5,7-8,10,14,19H,4,6,9H2,1H3,(H,27,28)/t14-,19+/m1/s1. The van der Waals surface area contributed by atoms with Crippen molar-refractivity contribution in [1.82, 2.24) is 14.5 Å². The molecule has 0 aliphatic carbocycles. The molecule has 1 aliphatic heterocycles. The molecule has 0 amide bonds. The highest BCUT2D eigenvalue weighted by molar-refractivity contribution is 6.45. The summed E-state index contributed by atoms with van der Waals surface area (Å²) < 4.78 is 12.2. The summed E-state index contributed by atoms with van der Waals surface area (Å²) in [5, 5.41) is 10.3. The van der Waals surface area contributed by atoms with Gasteiger partial charge in [-0.25, -0.2) is 19.6 Å². The van der Waals surface area contributed by atoms with Crippen LogP contribution in [0.1, 0.15) is 6.42 Å². The van der Waals surface area contributed by atoms with Crippen molar-refractivity contribution >= 4 is 51.9 Å². The molecule has 0 saturated carbocycles. The van der Waals surface area contributed by atoms with Crippen molar-refractivity contribution in [1.29, 1.82) is 0 Å². The van der Waals surface area contributed by atoms with Crippen molar-refractivity contribution in [2.75, 3.05) is 25.2 Å². The molecule has 0 radical (unpaired) electrons. The first-order valence-electron chi connectivity index (χ1n) is 9.35. The van der Waals surface area contributed by atoms with Crippen LogP contribution in [-0.4, -0.2) is 64.0 Å². The third kappa shape index (κ3) is 4.04. The topological polar surface area (TPSA) is 107 Å². The maximum atomic E-state index is 12.6. The summed E-state index contributed by atoms with van der Waals surface area (Å²) in [6, 6.07) is 4.46. The van der Waals surface area contributed by atoms with Gasteiger partial charge < -0.3 is 24.0 Å². The molecule has 162 valence electrons. The number of nitrogens with zero attached hydrogens (tertiary/aromatic N) is 4. The van der Waals surface area contributed by atoms with E-state index in [9.17, 15) is 9.59 Å². The van der Waals surface area contributed by atoms with Gasteiger partial charge in [-0.15, -0.1) is 0 Å². The Hall–Kier alpha value is -2.88. The van der Waals surface area contributed by atoms with E-state index < -0.39 is 30.7 Å². The van der Waals surface area contributed by atoms with Gasteiger partial charge in [0, 0.05) is 30.4 Å². The number of aromatic nitrogens is 3. The number of halogens is 2. The Labute approximate surface area is 187 Å². The summed E-state index contributed by atoms with van der Waals surface area (Å²) in [6.45, 7) is -0.108. The summed E-state index contributed by atoms with van der Waals surface area (Å²) in [7, 11) is 1.27. The van der Waals surface area contributed by atoms with Crippen LogP contribution < -0.4 is 4.90 Å². The molecule has 11 heteroatoms. The van der Waals surface area contributed by atoms with Crippen LogP contribution in [-0.2, 0) is 19.1 Å². The lowest BCUT2D eigenvalue weighted by molar-refractivity contribution is -0.151. The van der Waals surface area contributed by atoms with Gasteiger partial charge in [0.1, 0.15) is 12.4 Å². The summed E-state index contributed by atoms with van der Waals surface area (Å²) in [5.41, 5.74) is 1.21. The van der Waals surface area contributed by atoms with Gasteiger partial charge in [0.2, 0.25) is 0 Å². The second-order valence-corrected chi connectivity index (χ2v) is 7.71. The lowest BCUT2D eigenvalue weighted by Crippen LogP contribution is -2.44. The number of imidazole rings is 1. The summed E-state index contributed by atoms with van der Waals surface area (Å²) in [5.74, 6) is -1.21. The maximum Gasteiger partial charge on any atom is 0.331 e. The SMILES string of the molecule is COC(=O)[C@@H]1[C@H](OCC(=O)O)CCN1c1cc(-n2ccnc2)c2ccc(Cl)c(Cl)c2n1. The minimum absolute atomic E-state index is 0.287. The highest BCUT2D eigenvalue weighted by atomic mass is 35.5. The number of carboxylic acids is 1. The molecule has 31 heavy (non-hydrogen) atoms. The number of pyridine rings is 1. The number of carbonyl (C=O) groups excluding carboxylic acids is 1. The fourth-order valence-electron chi connectivity index (χ4n) is 3.74. The number of fused-ring (bicyclic) bond motifs is 1. The molecule has 0 unspecified atom stereocenters. The number of benzene rings is 1. The number of aliphatic carboxylic acids is 1. The van der Waals surface area contributed by atoms with Crippen LogP contribution in [0.4, 0.5) is 5.82 Å². The fraction of sp³-hybridized carbons (Fsp3) is 0.300. The van der Waals surface area contributed by atoms with Crippen molar-refractivity contribution < 1.29 is 24.2 Å². The average Bonchev–Trinajstić information content (AvgIpc) is 3.44. The van der Waals surface area contributed by atoms with Gasteiger partial charge >= 0.3 is 11.9 Å².